The fraction of sp³-hybridized carbons (Fsp3) is 0.333. The van der Waals surface area contributed by atoms with Crippen molar-refractivity contribution in [3.8, 4) is 0 Å². The lowest BCUT2D eigenvalue weighted by atomic mass is 9.84. The van der Waals surface area contributed by atoms with E-state index in [0.29, 0.717) is 17.0 Å². The van der Waals surface area contributed by atoms with Crippen LogP contribution in [0.15, 0.2) is 68.9 Å². The number of rotatable bonds is 5. The minimum atomic E-state index is -0.134. The van der Waals surface area contributed by atoms with Gasteiger partial charge in [0.2, 0.25) is 0 Å². The summed E-state index contributed by atoms with van der Waals surface area (Å²) in [4.78, 5) is 20.7. The van der Waals surface area contributed by atoms with Crippen molar-refractivity contribution in [2.24, 2.45) is 5.92 Å². The third-order valence-corrected chi connectivity index (χ3v) is 6.20. The van der Waals surface area contributed by atoms with E-state index in [1.807, 2.05) is 24.4 Å². The Morgan fingerprint density at radius 3 is 3.00 bits per heavy atom. The van der Waals surface area contributed by atoms with Gasteiger partial charge in [0.05, 0.1) is 0 Å². The van der Waals surface area contributed by atoms with Gasteiger partial charge in [-0.05, 0) is 69.2 Å². The fourth-order valence-electron chi connectivity index (χ4n) is 3.99. The van der Waals surface area contributed by atoms with Crippen LogP contribution in [0.3, 0.4) is 0 Å². The summed E-state index contributed by atoms with van der Waals surface area (Å²) in [7, 11) is 0. The molecular weight excluding hydrogens is 440 g/mol. The first-order valence-corrected chi connectivity index (χ1v) is 11.2. The number of nitrogens with one attached hydrogen (secondary N) is 2. The predicted octanol–water partition coefficient (Wildman–Crippen LogP) is 6.17. The van der Waals surface area contributed by atoms with Crippen molar-refractivity contribution < 1.29 is 0 Å². The summed E-state index contributed by atoms with van der Waals surface area (Å²) in [6, 6.07) is 5.88. The summed E-state index contributed by atoms with van der Waals surface area (Å²) in [6.07, 6.45) is 12.4. The number of nitrogens with zero attached hydrogens (tertiary/aromatic N) is 2. The molecular formula is C24H27BrN4O. The zero-order valence-corrected chi connectivity index (χ0v) is 19.2. The number of halogens is 1. The molecule has 0 radical (unpaired) electrons. The number of aromatic amines is 1. The number of hydrogen-bond acceptors (Lipinski definition) is 3. The Balaban J connectivity index is 1.53. The highest BCUT2D eigenvalue weighted by molar-refractivity contribution is 9.10. The number of H-pyrrole nitrogens is 1. The quantitative estimate of drug-likeness (QED) is 0.441. The van der Waals surface area contributed by atoms with E-state index in [1.54, 1.807) is 6.33 Å². The molecule has 2 N–H and O–H groups in total. The molecule has 1 aliphatic carbocycles. The van der Waals surface area contributed by atoms with Crippen LogP contribution in [0.5, 0.6) is 0 Å². The monoisotopic (exact) mass is 466 g/mol. The molecule has 4 rings (SSSR count). The van der Waals surface area contributed by atoms with E-state index >= 15 is 0 Å². The van der Waals surface area contributed by atoms with Gasteiger partial charge in [0.1, 0.15) is 17.4 Å². The lowest BCUT2D eigenvalue weighted by molar-refractivity contribution is 0.611. The first-order chi connectivity index (χ1) is 14.4. The molecule has 5 nitrogen and oxygen atoms in total. The highest BCUT2D eigenvalue weighted by atomic mass is 79.9. The lowest BCUT2D eigenvalue weighted by Crippen LogP contribution is -2.27. The van der Waals surface area contributed by atoms with Crippen molar-refractivity contribution in [1.82, 2.24) is 14.6 Å². The molecule has 6 heteroatoms. The molecule has 0 saturated heterocycles. The van der Waals surface area contributed by atoms with Gasteiger partial charge in [0.15, 0.2) is 0 Å². The smallest absolute Gasteiger partial charge is 0.296 e. The van der Waals surface area contributed by atoms with E-state index in [4.69, 9.17) is 0 Å². The minimum absolute atomic E-state index is 0.134. The third kappa shape index (κ3) is 4.29. The molecule has 1 aromatic carbocycles. The molecule has 156 valence electrons. The first-order valence-electron chi connectivity index (χ1n) is 10.4. The Morgan fingerprint density at radius 1 is 1.40 bits per heavy atom. The molecule has 1 atom stereocenters. The number of hydrogen-bond donors (Lipinski definition) is 2. The van der Waals surface area contributed by atoms with Crippen LogP contribution < -0.4 is 11.0 Å². The molecule has 0 saturated carbocycles. The molecule has 0 bridgehead atoms. The highest BCUT2D eigenvalue weighted by Gasteiger charge is 2.16. The summed E-state index contributed by atoms with van der Waals surface area (Å²) < 4.78 is 2.41. The summed E-state index contributed by atoms with van der Waals surface area (Å²) >= 11 is 3.48. The van der Waals surface area contributed by atoms with Gasteiger partial charge < -0.3 is 4.98 Å². The maximum atomic E-state index is 12.9. The average Bonchev–Trinajstić information content (AvgIpc) is 3.07. The van der Waals surface area contributed by atoms with Crippen LogP contribution in [0.1, 0.15) is 46.5 Å². The van der Waals surface area contributed by atoms with Crippen molar-refractivity contribution in [2.45, 2.75) is 46.5 Å². The average molecular weight is 467 g/mol. The van der Waals surface area contributed by atoms with E-state index in [0.717, 1.165) is 41.1 Å². The second-order valence-corrected chi connectivity index (χ2v) is 9.21. The van der Waals surface area contributed by atoms with Gasteiger partial charge in [-0.15, -0.1) is 0 Å². The van der Waals surface area contributed by atoms with E-state index in [1.165, 1.54) is 21.4 Å². The van der Waals surface area contributed by atoms with E-state index in [9.17, 15) is 4.79 Å². The Morgan fingerprint density at radius 2 is 2.23 bits per heavy atom. The van der Waals surface area contributed by atoms with Crippen LogP contribution in [-0.4, -0.2) is 14.6 Å². The molecule has 1 aliphatic rings. The van der Waals surface area contributed by atoms with Crippen LogP contribution in [0.4, 0.5) is 0 Å². The molecule has 0 fully saturated rings. The molecule has 0 spiro atoms. The molecule has 30 heavy (non-hydrogen) atoms. The maximum Gasteiger partial charge on any atom is 0.296 e. The maximum absolute atomic E-state index is 12.9. The molecule has 2 aromatic heterocycles. The Hall–Kier alpha value is -2.60. The minimum Gasteiger partial charge on any atom is -0.349 e. The molecule has 0 unspecified atom stereocenters. The number of fused-ring (bicyclic) bond motifs is 3. The predicted molar refractivity (Wildman–Crippen MR) is 128 cm³/mol. The first kappa shape index (κ1) is 20.7. The standard InChI is InChI=1S/C24H27BrN4O/c1-15(2)5-4-6-17-7-8-18(16(3)11-17)13-27-29-14-26-22-20-12-19(25)9-10-21(20)28-23(22)24(29)30/h5,7,9-10,12-14,16,27-28H,4,6,8,11H2,1-3H3/b18-13-/t16-/m1/s1. The highest BCUT2D eigenvalue weighted by Crippen LogP contribution is 2.31. The summed E-state index contributed by atoms with van der Waals surface area (Å²) in [5.41, 5.74) is 9.32. The van der Waals surface area contributed by atoms with Crippen LogP contribution in [0.2, 0.25) is 0 Å². The molecule has 0 amide bonds. The van der Waals surface area contributed by atoms with E-state index in [-0.39, 0.29) is 5.56 Å². The van der Waals surface area contributed by atoms with Crippen LogP contribution >= 0.6 is 15.9 Å². The Labute approximate surface area is 184 Å². The largest absolute Gasteiger partial charge is 0.349 e. The Bertz CT molecular complexity index is 1240. The number of benzene rings is 1. The van der Waals surface area contributed by atoms with Gasteiger partial charge in [-0.2, -0.15) is 0 Å². The fourth-order valence-corrected chi connectivity index (χ4v) is 4.36. The van der Waals surface area contributed by atoms with Crippen molar-refractivity contribution in [3.05, 3.63) is 74.4 Å². The third-order valence-electron chi connectivity index (χ3n) is 5.70. The molecule has 0 aliphatic heterocycles. The number of allylic oxidation sites excluding steroid dienone is 5. The lowest BCUT2D eigenvalue weighted by Gasteiger charge is -2.23. The topological polar surface area (TPSA) is 62.7 Å². The van der Waals surface area contributed by atoms with Gasteiger partial charge in [-0.1, -0.05) is 46.2 Å². The van der Waals surface area contributed by atoms with Gasteiger partial charge in [0, 0.05) is 21.6 Å². The summed E-state index contributed by atoms with van der Waals surface area (Å²) in [5.74, 6) is 0.460. The normalized spacial score (nSPS) is 18.1. The summed E-state index contributed by atoms with van der Waals surface area (Å²) in [6.45, 7) is 6.54. The summed E-state index contributed by atoms with van der Waals surface area (Å²) in [5, 5.41) is 0.939. The molecule has 3 aromatic rings. The van der Waals surface area contributed by atoms with Crippen molar-refractivity contribution in [2.75, 3.05) is 5.43 Å². The van der Waals surface area contributed by atoms with Crippen molar-refractivity contribution in [1.29, 1.82) is 0 Å². The number of aromatic nitrogens is 3. The van der Waals surface area contributed by atoms with Crippen molar-refractivity contribution in [3.63, 3.8) is 0 Å². The van der Waals surface area contributed by atoms with Gasteiger partial charge in [-0.25, -0.2) is 9.66 Å². The van der Waals surface area contributed by atoms with Crippen LogP contribution in [0.25, 0.3) is 21.9 Å². The second-order valence-electron chi connectivity index (χ2n) is 8.30. The zero-order valence-electron chi connectivity index (χ0n) is 17.6. The van der Waals surface area contributed by atoms with Gasteiger partial charge in [-0.3, -0.25) is 10.2 Å². The van der Waals surface area contributed by atoms with E-state index < -0.39 is 0 Å². The molecule has 2 heterocycles. The zero-order chi connectivity index (χ0) is 21.3. The van der Waals surface area contributed by atoms with E-state index in [2.05, 4.69) is 64.2 Å². The van der Waals surface area contributed by atoms with Gasteiger partial charge >= 0.3 is 0 Å². The van der Waals surface area contributed by atoms with Crippen LogP contribution in [0, 0.1) is 5.92 Å². The second kappa shape index (κ2) is 8.64. The Kier molecular flexibility index (Phi) is 5.95. The SMILES string of the molecule is CC(C)=CCCC1=CC/C(=C/Nn2cnc3c([nH]c4ccc(Br)cc43)c2=O)[C@H](C)C1. The van der Waals surface area contributed by atoms with Gasteiger partial charge in [0.25, 0.3) is 5.56 Å². The van der Waals surface area contributed by atoms with Crippen molar-refractivity contribution >= 4 is 37.9 Å². The van der Waals surface area contributed by atoms with Crippen LogP contribution in [-0.2, 0) is 0 Å².